The summed E-state index contributed by atoms with van der Waals surface area (Å²) in [6.07, 6.45) is 4.41. The van der Waals surface area contributed by atoms with Crippen molar-refractivity contribution < 1.29 is 18.6 Å². The summed E-state index contributed by atoms with van der Waals surface area (Å²) >= 11 is 1.36. The van der Waals surface area contributed by atoms with E-state index in [1.807, 2.05) is 13.0 Å². The molecule has 1 N–H and O–H groups in total. The third-order valence-corrected chi connectivity index (χ3v) is 6.87. The Bertz CT molecular complexity index is 1120. The van der Waals surface area contributed by atoms with Crippen molar-refractivity contribution in [1.82, 2.24) is 0 Å². The van der Waals surface area contributed by atoms with Crippen molar-refractivity contribution in [2.24, 2.45) is 0 Å². The van der Waals surface area contributed by atoms with Gasteiger partial charge in [0.05, 0.1) is 11.0 Å². The SMILES string of the molecule is CC1CCc2cc(-c3c(C(O)=C4CCC4)sc4cc(F)ccc34)cc(F)c2O1. The van der Waals surface area contributed by atoms with Crippen molar-refractivity contribution in [2.75, 3.05) is 0 Å². The molecule has 2 aliphatic rings. The molecule has 0 radical (unpaired) electrons. The van der Waals surface area contributed by atoms with Gasteiger partial charge in [0.1, 0.15) is 11.6 Å². The Morgan fingerprint density at radius 2 is 1.96 bits per heavy atom. The zero-order chi connectivity index (χ0) is 19.4. The van der Waals surface area contributed by atoms with Crippen molar-refractivity contribution in [3.05, 3.63) is 58.0 Å². The first-order valence-electron chi connectivity index (χ1n) is 9.64. The molecule has 1 saturated carbocycles. The fourth-order valence-electron chi connectivity index (χ4n) is 4.01. The van der Waals surface area contributed by atoms with Crippen LogP contribution in [0.1, 0.15) is 43.0 Å². The minimum atomic E-state index is -0.387. The lowest BCUT2D eigenvalue weighted by Crippen LogP contribution is -2.19. The van der Waals surface area contributed by atoms with E-state index in [1.54, 1.807) is 6.07 Å². The number of aryl methyl sites for hydroxylation is 1. The summed E-state index contributed by atoms with van der Waals surface area (Å²) in [6, 6.07) is 8.04. The van der Waals surface area contributed by atoms with Crippen LogP contribution < -0.4 is 4.74 Å². The van der Waals surface area contributed by atoms with Crippen LogP contribution in [0.5, 0.6) is 5.75 Å². The second-order valence-corrected chi connectivity index (χ2v) is 8.72. The Kier molecular flexibility index (Phi) is 4.16. The number of aliphatic hydroxyl groups excluding tert-OH is 1. The summed E-state index contributed by atoms with van der Waals surface area (Å²) in [6.45, 7) is 1.94. The minimum Gasteiger partial charge on any atom is -0.506 e. The predicted octanol–water partition coefficient (Wildman–Crippen LogP) is 7.01. The van der Waals surface area contributed by atoms with Crippen LogP contribution in [0.15, 0.2) is 35.9 Å². The molecule has 1 aliphatic heterocycles. The first kappa shape index (κ1) is 17.7. The highest BCUT2D eigenvalue weighted by Crippen LogP contribution is 2.46. The Morgan fingerprint density at radius 3 is 2.71 bits per heavy atom. The van der Waals surface area contributed by atoms with Crippen molar-refractivity contribution in [1.29, 1.82) is 0 Å². The Labute approximate surface area is 166 Å². The third-order valence-electron chi connectivity index (χ3n) is 5.71. The molecule has 0 amide bonds. The molecule has 1 unspecified atom stereocenters. The van der Waals surface area contributed by atoms with Crippen LogP contribution in [-0.4, -0.2) is 11.2 Å². The molecule has 2 aromatic carbocycles. The van der Waals surface area contributed by atoms with E-state index in [0.29, 0.717) is 16.2 Å². The van der Waals surface area contributed by atoms with Crippen LogP contribution >= 0.6 is 11.3 Å². The van der Waals surface area contributed by atoms with E-state index in [0.717, 1.165) is 58.9 Å². The van der Waals surface area contributed by atoms with Gasteiger partial charge in [-0.2, -0.15) is 0 Å². The maximum atomic E-state index is 14.9. The second kappa shape index (κ2) is 6.59. The van der Waals surface area contributed by atoms with Gasteiger partial charge in [-0.25, -0.2) is 8.78 Å². The largest absolute Gasteiger partial charge is 0.506 e. The smallest absolute Gasteiger partial charge is 0.165 e. The molecule has 5 heteroatoms. The number of ether oxygens (including phenoxy) is 1. The van der Waals surface area contributed by atoms with Gasteiger partial charge >= 0.3 is 0 Å². The topological polar surface area (TPSA) is 29.5 Å². The molecule has 5 rings (SSSR count). The standard InChI is InChI=1S/C23H20F2O2S/c1-12-5-6-14-9-15(10-18(25)22(14)27-12)20-17-8-7-16(24)11-19(17)28-23(20)21(26)13-3-2-4-13/h7-12,26H,2-6H2,1H3. The Hall–Kier alpha value is -2.40. The number of halogens is 2. The molecule has 2 heterocycles. The van der Waals surface area contributed by atoms with Crippen LogP contribution in [0.2, 0.25) is 0 Å². The molecule has 0 bridgehead atoms. The summed E-state index contributed by atoms with van der Waals surface area (Å²) in [4.78, 5) is 0.694. The highest BCUT2D eigenvalue weighted by Gasteiger charge is 2.26. The van der Waals surface area contributed by atoms with E-state index in [-0.39, 0.29) is 23.5 Å². The quantitative estimate of drug-likeness (QED) is 0.470. The maximum Gasteiger partial charge on any atom is 0.165 e. The molecular weight excluding hydrogens is 378 g/mol. The number of benzene rings is 2. The molecule has 28 heavy (non-hydrogen) atoms. The Balaban J connectivity index is 1.75. The normalized spacial score (nSPS) is 18.5. The lowest BCUT2D eigenvalue weighted by molar-refractivity contribution is 0.183. The molecular formula is C23H20F2O2S. The zero-order valence-electron chi connectivity index (χ0n) is 15.5. The molecule has 1 atom stereocenters. The van der Waals surface area contributed by atoms with Gasteiger partial charge in [0.15, 0.2) is 11.6 Å². The number of allylic oxidation sites excluding steroid dienone is 1. The van der Waals surface area contributed by atoms with Crippen LogP contribution in [0.3, 0.4) is 0 Å². The van der Waals surface area contributed by atoms with Crippen LogP contribution in [-0.2, 0) is 6.42 Å². The van der Waals surface area contributed by atoms with Crippen LogP contribution in [0, 0.1) is 11.6 Å². The van der Waals surface area contributed by atoms with E-state index in [1.165, 1.54) is 29.5 Å². The number of fused-ring (bicyclic) bond motifs is 2. The predicted molar refractivity (Wildman–Crippen MR) is 109 cm³/mol. The van der Waals surface area contributed by atoms with Gasteiger partial charge < -0.3 is 9.84 Å². The molecule has 2 nitrogen and oxygen atoms in total. The Morgan fingerprint density at radius 1 is 1.14 bits per heavy atom. The van der Waals surface area contributed by atoms with Gasteiger partial charge in [-0.05, 0) is 86.1 Å². The lowest BCUT2D eigenvalue weighted by atomic mass is 9.89. The molecule has 1 fully saturated rings. The summed E-state index contributed by atoms with van der Waals surface area (Å²) in [5.41, 5.74) is 3.34. The fourth-order valence-corrected chi connectivity index (χ4v) is 5.25. The van der Waals surface area contributed by atoms with Crippen LogP contribution in [0.25, 0.3) is 27.0 Å². The van der Waals surface area contributed by atoms with Crippen molar-refractivity contribution in [3.63, 3.8) is 0 Å². The molecule has 144 valence electrons. The lowest BCUT2D eigenvalue weighted by Gasteiger charge is -2.24. The fraction of sp³-hybridized carbons (Fsp3) is 0.304. The van der Waals surface area contributed by atoms with Gasteiger partial charge in [-0.1, -0.05) is 0 Å². The van der Waals surface area contributed by atoms with Crippen LogP contribution in [0.4, 0.5) is 8.78 Å². The van der Waals surface area contributed by atoms with Gasteiger partial charge in [0, 0.05) is 15.6 Å². The highest BCUT2D eigenvalue weighted by molar-refractivity contribution is 7.20. The summed E-state index contributed by atoms with van der Waals surface area (Å²) < 4.78 is 35.1. The molecule has 1 aromatic heterocycles. The van der Waals surface area contributed by atoms with E-state index >= 15 is 0 Å². The first-order chi connectivity index (χ1) is 13.5. The minimum absolute atomic E-state index is 0.000702. The number of rotatable bonds is 2. The average Bonchev–Trinajstić information content (AvgIpc) is 2.99. The van der Waals surface area contributed by atoms with Gasteiger partial charge in [0.25, 0.3) is 0 Å². The zero-order valence-corrected chi connectivity index (χ0v) is 16.3. The van der Waals surface area contributed by atoms with Crippen molar-refractivity contribution in [3.8, 4) is 16.9 Å². The number of hydrogen-bond acceptors (Lipinski definition) is 3. The summed E-state index contributed by atoms with van der Waals surface area (Å²) in [5.74, 6) is -0.106. The summed E-state index contributed by atoms with van der Waals surface area (Å²) in [5, 5.41) is 11.7. The molecule has 0 saturated heterocycles. The number of hydrogen-bond donors (Lipinski definition) is 1. The number of aliphatic hydroxyl groups is 1. The van der Waals surface area contributed by atoms with Crippen molar-refractivity contribution in [2.45, 2.75) is 45.1 Å². The monoisotopic (exact) mass is 398 g/mol. The van der Waals surface area contributed by atoms with Gasteiger partial charge in [-0.15, -0.1) is 11.3 Å². The average molecular weight is 398 g/mol. The number of thiophene rings is 1. The van der Waals surface area contributed by atoms with E-state index in [2.05, 4.69) is 0 Å². The van der Waals surface area contributed by atoms with Gasteiger partial charge in [0.2, 0.25) is 0 Å². The third kappa shape index (κ3) is 2.80. The molecule has 3 aromatic rings. The van der Waals surface area contributed by atoms with E-state index in [9.17, 15) is 13.9 Å². The van der Waals surface area contributed by atoms with Gasteiger partial charge in [-0.3, -0.25) is 0 Å². The maximum absolute atomic E-state index is 14.9. The second-order valence-electron chi connectivity index (χ2n) is 7.67. The highest BCUT2D eigenvalue weighted by atomic mass is 32.1. The van der Waals surface area contributed by atoms with E-state index < -0.39 is 0 Å². The molecule has 0 spiro atoms. The van der Waals surface area contributed by atoms with E-state index in [4.69, 9.17) is 4.74 Å². The first-order valence-corrected chi connectivity index (χ1v) is 10.5. The molecule has 1 aliphatic carbocycles. The summed E-state index contributed by atoms with van der Waals surface area (Å²) in [7, 11) is 0. The van der Waals surface area contributed by atoms with Crippen molar-refractivity contribution >= 4 is 27.2 Å².